The second-order valence-corrected chi connectivity index (χ2v) is 5.16. The van der Waals surface area contributed by atoms with Crippen LogP contribution in [0.2, 0.25) is 5.15 Å². The van der Waals surface area contributed by atoms with Crippen LogP contribution in [-0.2, 0) is 0 Å². The maximum absolute atomic E-state index is 9.05. The lowest BCUT2D eigenvalue weighted by Gasteiger charge is -2.05. The van der Waals surface area contributed by atoms with Crippen molar-refractivity contribution in [3.63, 3.8) is 0 Å². The first-order valence-electron chi connectivity index (χ1n) is 4.51. The molecule has 0 amide bonds. The summed E-state index contributed by atoms with van der Waals surface area (Å²) in [5.41, 5.74) is 1.50. The van der Waals surface area contributed by atoms with Gasteiger partial charge in [0.15, 0.2) is 0 Å². The molecule has 17 heavy (non-hydrogen) atoms. The highest BCUT2D eigenvalue weighted by Gasteiger charge is 2.13. The number of nitrogens with zero attached hydrogens (tertiary/aromatic N) is 3. The summed E-state index contributed by atoms with van der Waals surface area (Å²) in [6.45, 7) is 0. The number of pyridine rings is 2. The second kappa shape index (κ2) is 5.13. The van der Waals surface area contributed by atoms with Crippen LogP contribution in [0, 0.1) is 11.3 Å². The number of hydrogen-bond acceptors (Lipinski definition) is 3. The van der Waals surface area contributed by atoms with Crippen molar-refractivity contribution in [1.29, 1.82) is 5.26 Å². The average Bonchev–Trinajstić information content (AvgIpc) is 2.32. The molecule has 3 nitrogen and oxygen atoms in total. The van der Waals surface area contributed by atoms with E-state index in [4.69, 9.17) is 16.9 Å². The maximum Gasteiger partial charge on any atom is 0.129 e. The van der Waals surface area contributed by atoms with Crippen LogP contribution < -0.4 is 0 Å². The molecule has 2 aromatic rings. The summed E-state index contributed by atoms with van der Waals surface area (Å²) in [5.74, 6) is 0. The molecule has 2 aromatic heterocycles. The first kappa shape index (κ1) is 12.5. The van der Waals surface area contributed by atoms with E-state index < -0.39 is 0 Å². The lowest BCUT2D eigenvalue weighted by Crippen LogP contribution is -1.94. The molecule has 0 aliphatic heterocycles. The molecule has 2 heterocycles. The molecule has 0 fully saturated rings. The first-order valence-corrected chi connectivity index (χ1v) is 6.47. The van der Waals surface area contributed by atoms with Gasteiger partial charge in [-0.3, -0.25) is 0 Å². The zero-order valence-electron chi connectivity index (χ0n) is 8.28. The fourth-order valence-electron chi connectivity index (χ4n) is 1.29. The minimum absolute atomic E-state index is 0.355. The molecule has 6 heteroatoms. The van der Waals surface area contributed by atoms with Crippen LogP contribution in [0.1, 0.15) is 5.56 Å². The molecule has 0 spiro atoms. The second-order valence-electron chi connectivity index (χ2n) is 3.11. The van der Waals surface area contributed by atoms with Gasteiger partial charge in [0.1, 0.15) is 27.2 Å². The van der Waals surface area contributed by atoms with Crippen molar-refractivity contribution in [3.05, 3.63) is 44.1 Å². The van der Waals surface area contributed by atoms with Crippen LogP contribution in [0.25, 0.3) is 11.4 Å². The normalized spacial score (nSPS) is 10.0. The van der Waals surface area contributed by atoms with E-state index >= 15 is 0 Å². The number of nitriles is 1. The fourth-order valence-corrected chi connectivity index (χ4v) is 2.16. The number of rotatable bonds is 1. The standard InChI is InChI=1S/C11H4Br2ClN3/c12-7-2-4-9(14)17-11(7)10-6(5-15)1-3-8(13)16-10/h1-4H. The van der Waals surface area contributed by atoms with E-state index in [1.54, 1.807) is 24.3 Å². The topological polar surface area (TPSA) is 49.6 Å². The van der Waals surface area contributed by atoms with Gasteiger partial charge >= 0.3 is 0 Å². The van der Waals surface area contributed by atoms with Gasteiger partial charge in [-0.25, -0.2) is 9.97 Å². The van der Waals surface area contributed by atoms with Gasteiger partial charge in [-0.2, -0.15) is 5.26 Å². The van der Waals surface area contributed by atoms with Gasteiger partial charge in [-0.15, -0.1) is 0 Å². The van der Waals surface area contributed by atoms with E-state index in [9.17, 15) is 0 Å². The molecular weight excluding hydrogens is 369 g/mol. The Bertz CT molecular complexity index is 623. The number of halogens is 3. The summed E-state index contributed by atoms with van der Waals surface area (Å²) < 4.78 is 1.38. The van der Waals surface area contributed by atoms with Crippen molar-refractivity contribution >= 4 is 43.5 Å². The molecule has 0 saturated carbocycles. The van der Waals surface area contributed by atoms with Crippen molar-refractivity contribution in [2.24, 2.45) is 0 Å². The van der Waals surface area contributed by atoms with Gasteiger partial charge in [-0.1, -0.05) is 11.6 Å². The lowest BCUT2D eigenvalue weighted by molar-refractivity contribution is 1.20. The quantitative estimate of drug-likeness (QED) is 0.704. The SMILES string of the molecule is N#Cc1ccc(Br)nc1-c1nc(Cl)ccc1Br. The largest absolute Gasteiger partial charge is 0.238 e. The zero-order valence-corrected chi connectivity index (χ0v) is 12.2. The van der Waals surface area contributed by atoms with Gasteiger partial charge in [0.2, 0.25) is 0 Å². The van der Waals surface area contributed by atoms with E-state index in [0.717, 1.165) is 4.47 Å². The van der Waals surface area contributed by atoms with Gasteiger partial charge in [0, 0.05) is 4.47 Å². The smallest absolute Gasteiger partial charge is 0.129 e. The third-order valence-electron chi connectivity index (χ3n) is 2.02. The van der Waals surface area contributed by atoms with Gasteiger partial charge in [0.05, 0.1) is 5.56 Å². The molecule has 84 valence electrons. The van der Waals surface area contributed by atoms with E-state index in [1.165, 1.54) is 0 Å². The van der Waals surface area contributed by atoms with Crippen LogP contribution >= 0.6 is 43.5 Å². The highest BCUT2D eigenvalue weighted by Crippen LogP contribution is 2.29. The molecule has 0 aliphatic carbocycles. The Labute approximate surface area is 120 Å². The Hall–Kier alpha value is -0.960. The summed E-state index contributed by atoms with van der Waals surface area (Å²) in [5, 5.41) is 9.40. The summed E-state index contributed by atoms with van der Waals surface area (Å²) in [4.78, 5) is 8.44. The molecular formula is C11H4Br2ClN3. The predicted octanol–water partition coefficient (Wildman–Crippen LogP) is 4.19. The Balaban J connectivity index is 2.72. The Morgan fingerprint density at radius 1 is 1.06 bits per heavy atom. The first-order chi connectivity index (χ1) is 8.11. The summed E-state index contributed by atoms with van der Waals surface area (Å²) in [7, 11) is 0. The number of hydrogen-bond donors (Lipinski definition) is 0. The van der Waals surface area contributed by atoms with Crippen molar-refractivity contribution in [2.75, 3.05) is 0 Å². The average molecular weight is 373 g/mol. The van der Waals surface area contributed by atoms with Crippen molar-refractivity contribution in [2.45, 2.75) is 0 Å². The minimum Gasteiger partial charge on any atom is -0.238 e. The molecule has 0 N–H and O–H groups in total. The molecule has 0 bridgehead atoms. The molecule has 0 atom stereocenters. The molecule has 0 aromatic carbocycles. The zero-order chi connectivity index (χ0) is 12.4. The van der Waals surface area contributed by atoms with Gasteiger partial charge in [-0.05, 0) is 56.1 Å². The van der Waals surface area contributed by atoms with E-state index in [2.05, 4.69) is 47.9 Å². The number of aromatic nitrogens is 2. The monoisotopic (exact) mass is 371 g/mol. The maximum atomic E-state index is 9.05. The minimum atomic E-state index is 0.355. The van der Waals surface area contributed by atoms with Crippen LogP contribution in [0.15, 0.2) is 33.3 Å². The van der Waals surface area contributed by atoms with Crippen LogP contribution in [0.4, 0.5) is 0 Å². The molecule has 0 saturated heterocycles. The van der Waals surface area contributed by atoms with Gasteiger partial charge < -0.3 is 0 Å². The highest BCUT2D eigenvalue weighted by molar-refractivity contribution is 9.10. The van der Waals surface area contributed by atoms with Crippen molar-refractivity contribution < 1.29 is 0 Å². The Morgan fingerprint density at radius 2 is 1.82 bits per heavy atom. The van der Waals surface area contributed by atoms with Crippen LogP contribution in [0.3, 0.4) is 0 Å². The van der Waals surface area contributed by atoms with E-state index in [1.807, 2.05) is 0 Å². The molecule has 0 radical (unpaired) electrons. The lowest BCUT2D eigenvalue weighted by atomic mass is 10.1. The van der Waals surface area contributed by atoms with Crippen LogP contribution in [-0.4, -0.2) is 9.97 Å². The van der Waals surface area contributed by atoms with Crippen molar-refractivity contribution in [1.82, 2.24) is 9.97 Å². The molecule has 0 aliphatic rings. The Morgan fingerprint density at radius 3 is 2.53 bits per heavy atom. The van der Waals surface area contributed by atoms with E-state index in [-0.39, 0.29) is 0 Å². The Kier molecular flexibility index (Phi) is 3.77. The third kappa shape index (κ3) is 2.65. The van der Waals surface area contributed by atoms with Crippen LogP contribution in [0.5, 0.6) is 0 Å². The van der Waals surface area contributed by atoms with Gasteiger partial charge in [0.25, 0.3) is 0 Å². The third-order valence-corrected chi connectivity index (χ3v) is 3.31. The molecule has 2 rings (SSSR count). The summed E-state index contributed by atoms with van der Waals surface area (Å²) in [6.07, 6.45) is 0. The molecule has 0 unspecified atom stereocenters. The summed E-state index contributed by atoms with van der Waals surface area (Å²) >= 11 is 12.5. The fraction of sp³-hybridized carbons (Fsp3) is 0. The van der Waals surface area contributed by atoms with Crippen molar-refractivity contribution in [3.8, 4) is 17.5 Å². The van der Waals surface area contributed by atoms with E-state index in [0.29, 0.717) is 26.7 Å². The highest BCUT2D eigenvalue weighted by atomic mass is 79.9. The predicted molar refractivity (Wildman–Crippen MR) is 72.6 cm³/mol. The summed E-state index contributed by atoms with van der Waals surface area (Å²) in [6, 6.07) is 8.91.